The molecular formula is C19H25N3O3. The minimum atomic E-state index is -0.834. The summed E-state index contributed by atoms with van der Waals surface area (Å²) in [5, 5.41) is 15.9. The third-order valence-electron chi connectivity index (χ3n) is 4.08. The Morgan fingerprint density at radius 2 is 2.08 bits per heavy atom. The summed E-state index contributed by atoms with van der Waals surface area (Å²) < 4.78 is 1.86. The molecule has 0 saturated heterocycles. The molecule has 25 heavy (non-hydrogen) atoms. The number of nitrogens with one attached hydrogen (secondary N) is 1. The van der Waals surface area contributed by atoms with Gasteiger partial charge in [-0.05, 0) is 43.4 Å². The van der Waals surface area contributed by atoms with Crippen molar-refractivity contribution in [2.45, 2.75) is 46.6 Å². The summed E-state index contributed by atoms with van der Waals surface area (Å²) in [5.74, 6) is -0.461. The fraction of sp³-hybridized carbons (Fsp3) is 0.421. The Morgan fingerprint density at radius 1 is 1.32 bits per heavy atom. The van der Waals surface area contributed by atoms with Crippen LogP contribution in [0.4, 0.5) is 5.69 Å². The minimum Gasteiger partial charge on any atom is -0.481 e. The van der Waals surface area contributed by atoms with Gasteiger partial charge in [-0.15, -0.1) is 0 Å². The summed E-state index contributed by atoms with van der Waals surface area (Å²) in [6.07, 6.45) is 3.11. The molecule has 1 aromatic heterocycles. The zero-order chi connectivity index (χ0) is 18.4. The molecule has 2 aromatic rings. The lowest BCUT2D eigenvalue weighted by molar-refractivity contribution is -0.136. The zero-order valence-electron chi connectivity index (χ0n) is 15.0. The number of aliphatic carboxylic acids is 1. The SMILES string of the molecule is Cc1c(C(=O)Nc2cccc(CCC(=O)O)c2)cnn1CCC(C)C. The van der Waals surface area contributed by atoms with E-state index in [2.05, 4.69) is 24.3 Å². The molecule has 1 aromatic carbocycles. The van der Waals surface area contributed by atoms with Crippen molar-refractivity contribution >= 4 is 17.6 Å². The van der Waals surface area contributed by atoms with Crippen LogP contribution < -0.4 is 5.32 Å². The van der Waals surface area contributed by atoms with E-state index in [-0.39, 0.29) is 12.3 Å². The Labute approximate surface area is 147 Å². The first-order chi connectivity index (χ1) is 11.9. The Bertz CT molecular complexity index is 750. The first-order valence-corrected chi connectivity index (χ1v) is 8.51. The highest BCUT2D eigenvalue weighted by Crippen LogP contribution is 2.16. The smallest absolute Gasteiger partial charge is 0.303 e. The molecule has 1 amide bonds. The van der Waals surface area contributed by atoms with E-state index in [4.69, 9.17) is 5.11 Å². The summed E-state index contributed by atoms with van der Waals surface area (Å²) >= 11 is 0. The number of aryl methyl sites for hydroxylation is 2. The number of rotatable bonds is 8. The number of hydrogen-bond acceptors (Lipinski definition) is 3. The molecule has 0 radical (unpaired) electrons. The van der Waals surface area contributed by atoms with Crippen LogP contribution in [0.1, 0.15) is 48.3 Å². The average Bonchev–Trinajstić information content (AvgIpc) is 2.92. The van der Waals surface area contributed by atoms with Crippen LogP contribution in [-0.2, 0) is 17.8 Å². The van der Waals surface area contributed by atoms with Crippen molar-refractivity contribution in [3.05, 3.63) is 47.3 Å². The van der Waals surface area contributed by atoms with Crippen molar-refractivity contribution in [1.29, 1.82) is 0 Å². The molecule has 0 bridgehead atoms. The maximum Gasteiger partial charge on any atom is 0.303 e. The fourth-order valence-electron chi connectivity index (χ4n) is 2.53. The predicted molar refractivity (Wildman–Crippen MR) is 96.8 cm³/mol. The van der Waals surface area contributed by atoms with Gasteiger partial charge in [0, 0.05) is 24.3 Å². The first-order valence-electron chi connectivity index (χ1n) is 8.51. The van der Waals surface area contributed by atoms with Crippen molar-refractivity contribution < 1.29 is 14.7 Å². The summed E-state index contributed by atoms with van der Waals surface area (Å²) in [6, 6.07) is 7.26. The predicted octanol–water partition coefficient (Wildman–Crippen LogP) is 3.51. The van der Waals surface area contributed by atoms with E-state index in [1.54, 1.807) is 18.3 Å². The second-order valence-electron chi connectivity index (χ2n) is 6.60. The van der Waals surface area contributed by atoms with Gasteiger partial charge >= 0.3 is 5.97 Å². The van der Waals surface area contributed by atoms with E-state index in [1.165, 1.54) is 0 Å². The van der Waals surface area contributed by atoms with Gasteiger partial charge in [0.15, 0.2) is 0 Å². The number of aromatic nitrogens is 2. The van der Waals surface area contributed by atoms with E-state index < -0.39 is 5.97 Å². The van der Waals surface area contributed by atoms with Gasteiger partial charge in [0.2, 0.25) is 0 Å². The van der Waals surface area contributed by atoms with Gasteiger partial charge in [-0.2, -0.15) is 5.10 Å². The van der Waals surface area contributed by atoms with Gasteiger partial charge in [-0.1, -0.05) is 26.0 Å². The van der Waals surface area contributed by atoms with Crippen LogP contribution in [0.15, 0.2) is 30.5 Å². The highest BCUT2D eigenvalue weighted by molar-refractivity contribution is 6.04. The molecule has 0 aliphatic carbocycles. The summed E-state index contributed by atoms with van der Waals surface area (Å²) in [6.45, 7) is 7.00. The van der Waals surface area contributed by atoms with Crippen molar-refractivity contribution in [3.63, 3.8) is 0 Å². The number of nitrogens with zero attached hydrogens (tertiary/aromatic N) is 2. The van der Waals surface area contributed by atoms with Crippen LogP contribution >= 0.6 is 0 Å². The van der Waals surface area contributed by atoms with Gasteiger partial charge < -0.3 is 10.4 Å². The molecule has 0 spiro atoms. The zero-order valence-corrected chi connectivity index (χ0v) is 15.0. The van der Waals surface area contributed by atoms with Crippen molar-refractivity contribution in [1.82, 2.24) is 9.78 Å². The molecule has 1 heterocycles. The van der Waals surface area contributed by atoms with Crippen molar-refractivity contribution in [3.8, 4) is 0 Å². The van der Waals surface area contributed by atoms with Crippen LogP contribution in [0, 0.1) is 12.8 Å². The Balaban J connectivity index is 2.04. The van der Waals surface area contributed by atoms with Crippen molar-refractivity contribution in [2.24, 2.45) is 5.92 Å². The van der Waals surface area contributed by atoms with E-state index in [0.717, 1.165) is 24.2 Å². The molecule has 134 valence electrons. The van der Waals surface area contributed by atoms with Gasteiger partial charge in [-0.25, -0.2) is 0 Å². The molecule has 0 unspecified atom stereocenters. The minimum absolute atomic E-state index is 0.0686. The van der Waals surface area contributed by atoms with E-state index in [0.29, 0.717) is 23.6 Å². The second-order valence-corrected chi connectivity index (χ2v) is 6.60. The van der Waals surface area contributed by atoms with E-state index >= 15 is 0 Å². The quantitative estimate of drug-likeness (QED) is 0.768. The summed E-state index contributed by atoms with van der Waals surface area (Å²) in [4.78, 5) is 23.2. The number of carboxylic acid groups (broad SMARTS) is 1. The third kappa shape index (κ3) is 5.45. The summed E-state index contributed by atoms with van der Waals surface area (Å²) in [5.41, 5.74) is 2.94. The topological polar surface area (TPSA) is 84.2 Å². The van der Waals surface area contributed by atoms with Crippen molar-refractivity contribution in [2.75, 3.05) is 5.32 Å². The van der Waals surface area contributed by atoms with Crippen LogP contribution in [0.5, 0.6) is 0 Å². The number of hydrogen-bond donors (Lipinski definition) is 2. The van der Waals surface area contributed by atoms with E-state index in [1.807, 2.05) is 23.7 Å². The third-order valence-corrected chi connectivity index (χ3v) is 4.08. The standard InChI is InChI=1S/C19H25N3O3/c1-13(2)9-10-22-14(3)17(12-20-22)19(25)21-16-6-4-5-15(11-16)7-8-18(23)24/h4-6,11-13H,7-10H2,1-3H3,(H,21,25)(H,23,24). The van der Waals surface area contributed by atoms with Gasteiger partial charge in [0.1, 0.15) is 0 Å². The Kier molecular flexibility index (Phi) is 6.33. The molecule has 0 atom stereocenters. The number of benzene rings is 1. The maximum atomic E-state index is 12.5. The molecule has 0 fully saturated rings. The number of carbonyl (C=O) groups is 2. The first kappa shape index (κ1) is 18.7. The lowest BCUT2D eigenvalue weighted by Gasteiger charge is -2.09. The lowest BCUT2D eigenvalue weighted by Crippen LogP contribution is -2.14. The maximum absolute atomic E-state index is 12.5. The molecule has 2 rings (SSSR count). The molecule has 0 aliphatic rings. The Morgan fingerprint density at radius 3 is 2.76 bits per heavy atom. The monoisotopic (exact) mass is 343 g/mol. The normalized spacial score (nSPS) is 10.9. The largest absolute Gasteiger partial charge is 0.481 e. The molecule has 2 N–H and O–H groups in total. The highest BCUT2D eigenvalue weighted by Gasteiger charge is 2.14. The average molecular weight is 343 g/mol. The van der Waals surface area contributed by atoms with Gasteiger partial charge in [-0.3, -0.25) is 14.3 Å². The Hall–Kier alpha value is -2.63. The number of anilines is 1. The second kappa shape index (κ2) is 8.46. The van der Waals surface area contributed by atoms with Crippen LogP contribution in [0.25, 0.3) is 0 Å². The lowest BCUT2D eigenvalue weighted by atomic mass is 10.1. The summed E-state index contributed by atoms with van der Waals surface area (Å²) in [7, 11) is 0. The highest BCUT2D eigenvalue weighted by atomic mass is 16.4. The van der Waals surface area contributed by atoms with Gasteiger partial charge in [0.05, 0.1) is 11.8 Å². The fourth-order valence-corrected chi connectivity index (χ4v) is 2.53. The molecule has 6 heteroatoms. The van der Waals surface area contributed by atoms with Crippen LogP contribution in [-0.4, -0.2) is 26.8 Å². The number of carboxylic acids is 1. The van der Waals surface area contributed by atoms with Crippen LogP contribution in [0.2, 0.25) is 0 Å². The molecular weight excluding hydrogens is 318 g/mol. The molecule has 6 nitrogen and oxygen atoms in total. The van der Waals surface area contributed by atoms with Crippen LogP contribution in [0.3, 0.4) is 0 Å². The molecule has 0 saturated carbocycles. The number of amides is 1. The van der Waals surface area contributed by atoms with E-state index in [9.17, 15) is 9.59 Å². The number of carbonyl (C=O) groups excluding carboxylic acids is 1. The molecule has 0 aliphatic heterocycles. The van der Waals surface area contributed by atoms with Gasteiger partial charge in [0.25, 0.3) is 5.91 Å².